The zero-order valence-electron chi connectivity index (χ0n) is 10.8. The predicted molar refractivity (Wildman–Crippen MR) is 71.5 cm³/mol. The van der Waals surface area contributed by atoms with Crippen molar-refractivity contribution in [1.29, 1.82) is 0 Å². The minimum atomic E-state index is -0.380. The lowest BCUT2D eigenvalue weighted by atomic mass is 10.0. The van der Waals surface area contributed by atoms with E-state index in [9.17, 15) is 4.79 Å². The van der Waals surface area contributed by atoms with Crippen molar-refractivity contribution in [3.8, 4) is 5.75 Å². The largest absolute Gasteiger partial charge is 0.496 e. The van der Waals surface area contributed by atoms with Gasteiger partial charge in [-0.2, -0.15) is 0 Å². The van der Waals surface area contributed by atoms with E-state index in [1.54, 1.807) is 13.2 Å². The van der Waals surface area contributed by atoms with Crippen LogP contribution >= 0.6 is 0 Å². The molecule has 1 fully saturated rings. The van der Waals surface area contributed by atoms with Crippen LogP contribution in [-0.4, -0.2) is 13.2 Å². The summed E-state index contributed by atoms with van der Waals surface area (Å²) in [6.07, 6.45) is -0.188. The highest BCUT2D eigenvalue weighted by Crippen LogP contribution is 2.48. The highest BCUT2D eigenvalue weighted by atomic mass is 16.6. The van der Waals surface area contributed by atoms with E-state index in [2.05, 4.69) is 6.58 Å². The average molecular weight is 258 g/mol. The van der Waals surface area contributed by atoms with Crippen LogP contribution in [0.1, 0.15) is 18.6 Å². The molecular weight excluding hydrogens is 244 g/mol. The maximum absolute atomic E-state index is 11.4. The van der Waals surface area contributed by atoms with E-state index >= 15 is 0 Å². The molecule has 19 heavy (non-hydrogen) atoms. The van der Waals surface area contributed by atoms with E-state index < -0.39 is 0 Å². The fraction of sp³-hybridized carbons (Fsp3) is 0.267. The van der Waals surface area contributed by atoms with E-state index in [1.807, 2.05) is 19.1 Å². The first-order chi connectivity index (χ1) is 9.11. The Balaban J connectivity index is 2.22. The first kappa shape index (κ1) is 12.0. The molecule has 0 N–H and O–H groups in total. The van der Waals surface area contributed by atoms with Crippen molar-refractivity contribution < 1.29 is 13.9 Å². The van der Waals surface area contributed by atoms with Crippen molar-refractivity contribution in [2.24, 2.45) is 0 Å². The summed E-state index contributed by atoms with van der Waals surface area (Å²) in [7, 11) is 1.59. The fourth-order valence-corrected chi connectivity index (χ4v) is 2.29. The number of methoxy groups -OCH3 is 1. The summed E-state index contributed by atoms with van der Waals surface area (Å²) >= 11 is 0. The lowest BCUT2D eigenvalue weighted by Crippen LogP contribution is -2.00. The molecule has 4 heteroatoms. The Morgan fingerprint density at radius 1 is 1.32 bits per heavy atom. The highest BCUT2D eigenvalue weighted by Gasteiger charge is 2.44. The molecule has 0 unspecified atom stereocenters. The van der Waals surface area contributed by atoms with Crippen molar-refractivity contribution in [2.45, 2.75) is 19.1 Å². The summed E-state index contributed by atoms with van der Waals surface area (Å²) < 4.78 is 16.3. The van der Waals surface area contributed by atoms with Gasteiger partial charge >= 0.3 is 5.63 Å². The van der Waals surface area contributed by atoms with Gasteiger partial charge in [-0.15, -0.1) is 0 Å². The van der Waals surface area contributed by atoms with Gasteiger partial charge in [0.15, 0.2) is 0 Å². The maximum Gasteiger partial charge on any atom is 0.336 e. The Hall–Kier alpha value is -2.07. The van der Waals surface area contributed by atoms with Crippen LogP contribution in [0.4, 0.5) is 0 Å². The van der Waals surface area contributed by atoms with Gasteiger partial charge in [-0.3, -0.25) is 0 Å². The van der Waals surface area contributed by atoms with Crippen LogP contribution in [0.5, 0.6) is 5.75 Å². The molecule has 0 spiro atoms. The number of benzene rings is 1. The topological polar surface area (TPSA) is 52.0 Å². The molecule has 0 radical (unpaired) electrons. The molecule has 1 aromatic carbocycles. The van der Waals surface area contributed by atoms with Crippen LogP contribution in [0.25, 0.3) is 11.0 Å². The van der Waals surface area contributed by atoms with Crippen molar-refractivity contribution in [1.82, 2.24) is 0 Å². The number of hydrogen-bond donors (Lipinski definition) is 0. The third kappa shape index (κ3) is 1.94. The zero-order chi connectivity index (χ0) is 13.6. The third-order valence-corrected chi connectivity index (χ3v) is 3.27. The molecule has 0 bridgehead atoms. The first-order valence-electron chi connectivity index (χ1n) is 6.03. The van der Waals surface area contributed by atoms with Gasteiger partial charge in [0.1, 0.15) is 23.5 Å². The van der Waals surface area contributed by atoms with Crippen molar-refractivity contribution >= 4 is 11.0 Å². The minimum Gasteiger partial charge on any atom is -0.496 e. The van der Waals surface area contributed by atoms with E-state index in [-0.39, 0.29) is 17.8 Å². The molecule has 3 rings (SSSR count). The van der Waals surface area contributed by atoms with Crippen LogP contribution in [0, 0.1) is 0 Å². The Kier molecular flexibility index (Phi) is 2.68. The lowest BCUT2D eigenvalue weighted by molar-refractivity contribution is 0.370. The standard InChI is InChI=1S/C15H14O4/c1-8(2)13-15(19-13)12-10(17-3)6-4-9-5-7-11(16)18-14(9)12/h4-7,13,15H,1H2,2-3H3/t13-,15+/m1/s1. The molecule has 4 nitrogen and oxygen atoms in total. The number of fused-ring (bicyclic) bond motifs is 1. The SMILES string of the molecule is C=C(C)[C@H]1O[C@H]1c1c(OC)ccc2ccc(=O)oc12. The molecule has 2 heterocycles. The molecule has 2 aromatic rings. The van der Waals surface area contributed by atoms with Gasteiger partial charge in [0.2, 0.25) is 0 Å². The van der Waals surface area contributed by atoms with Crippen molar-refractivity contribution in [2.75, 3.05) is 7.11 Å². The molecule has 1 saturated heterocycles. The quantitative estimate of drug-likeness (QED) is 0.482. The minimum absolute atomic E-state index is 0.0370. The van der Waals surface area contributed by atoms with E-state index in [1.165, 1.54) is 6.07 Å². The summed E-state index contributed by atoms with van der Waals surface area (Å²) in [4.78, 5) is 11.4. The smallest absolute Gasteiger partial charge is 0.336 e. The number of hydrogen-bond acceptors (Lipinski definition) is 4. The second-order valence-corrected chi connectivity index (χ2v) is 4.68. The van der Waals surface area contributed by atoms with Crippen LogP contribution in [0.3, 0.4) is 0 Å². The Labute approximate surface area is 110 Å². The van der Waals surface area contributed by atoms with Crippen LogP contribution in [0.2, 0.25) is 0 Å². The molecule has 0 aliphatic carbocycles. The van der Waals surface area contributed by atoms with Crippen LogP contribution < -0.4 is 10.4 Å². The summed E-state index contributed by atoms with van der Waals surface area (Å²) in [6, 6.07) is 6.86. The summed E-state index contributed by atoms with van der Waals surface area (Å²) in [5, 5.41) is 0.853. The molecule has 1 aromatic heterocycles. The van der Waals surface area contributed by atoms with E-state index in [4.69, 9.17) is 13.9 Å². The molecule has 0 saturated carbocycles. The highest BCUT2D eigenvalue weighted by molar-refractivity contribution is 5.83. The number of epoxide rings is 1. The van der Waals surface area contributed by atoms with Gasteiger partial charge in [0, 0.05) is 11.5 Å². The second-order valence-electron chi connectivity index (χ2n) is 4.68. The molecule has 0 amide bonds. The molecule has 1 aliphatic rings. The van der Waals surface area contributed by atoms with Gasteiger partial charge in [-0.05, 0) is 30.7 Å². The van der Waals surface area contributed by atoms with Gasteiger partial charge < -0.3 is 13.9 Å². The Morgan fingerprint density at radius 3 is 2.68 bits per heavy atom. The summed E-state index contributed by atoms with van der Waals surface area (Å²) in [6.45, 7) is 5.80. The molecule has 1 aliphatic heterocycles. The normalized spacial score (nSPS) is 21.4. The van der Waals surface area contributed by atoms with Gasteiger partial charge in [0.25, 0.3) is 0 Å². The van der Waals surface area contributed by atoms with E-state index in [0.717, 1.165) is 16.5 Å². The molecule has 98 valence electrons. The first-order valence-corrected chi connectivity index (χ1v) is 6.03. The summed E-state index contributed by atoms with van der Waals surface area (Å²) in [5.74, 6) is 0.663. The fourth-order valence-electron chi connectivity index (χ4n) is 2.29. The molecule has 2 atom stereocenters. The van der Waals surface area contributed by atoms with Gasteiger partial charge in [-0.1, -0.05) is 6.58 Å². The molecular formula is C15H14O4. The van der Waals surface area contributed by atoms with Crippen molar-refractivity contribution in [3.05, 3.63) is 52.4 Å². The predicted octanol–water partition coefficient (Wildman–Crippen LogP) is 2.82. The second kappa shape index (κ2) is 4.24. The van der Waals surface area contributed by atoms with E-state index in [0.29, 0.717) is 11.3 Å². The lowest BCUT2D eigenvalue weighted by Gasteiger charge is -2.08. The summed E-state index contributed by atoms with van der Waals surface area (Å²) in [5.41, 5.74) is 1.88. The Bertz CT molecular complexity index is 714. The monoisotopic (exact) mass is 258 g/mol. The van der Waals surface area contributed by atoms with Gasteiger partial charge in [0.05, 0.1) is 12.7 Å². The zero-order valence-corrected chi connectivity index (χ0v) is 10.8. The van der Waals surface area contributed by atoms with Crippen LogP contribution in [0.15, 0.2) is 45.6 Å². The third-order valence-electron chi connectivity index (χ3n) is 3.27. The van der Waals surface area contributed by atoms with Crippen LogP contribution in [-0.2, 0) is 4.74 Å². The van der Waals surface area contributed by atoms with Gasteiger partial charge in [-0.25, -0.2) is 4.79 Å². The number of ether oxygens (including phenoxy) is 2. The Morgan fingerprint density at radius 2 is 2.05 bits per heavy atom. The van der Waals surface area contributed by atoms with Crippen molar-refractivity contribution in [3.63, 3.8) is 0 Å². The number of rotatable bonds is 3. The maximum atomic E-state index is 11.4. The average Bonchev–Trinajstić information content (AvgIpc) is 3.17.